The van der Waals surface area contributed by atoms with Gasteiger partial charge in [-0.2, -0.15) is 26.3 Å². The van der Waals surface area contributed by atoms with Crippen molar-refractivity contribution in [2.24, 2.45) is 10.8 Å². The largest absolute Gasteiger partial charge is 0.473 e. The van der Waals surface area contributed by atoms with Gasteiger partial charge in [0.25, 0.3) is 0 Å². The summed E-state index contributed by atoms with van der Waals surface area (Å²) in [5.41, 5.74) is -3.94. The van der Waals surface area contributed by atoms with Crippen molar-refractivity contribution in [3.8, 4) is 5.88 Å². The molecule has 0 atom stereocenters. The number of aromatic nitrogens is 1. The van der Waals surface area contributed by atoms with E-state index >= 15 is 0 Å². The van der Waals surface area contributed by atoms with Crippen LogP contribution in [0.5, 0.6) is 5.88 Å². The second-order valence-electron chi connectivity index (χ2n) is 7.75. The molecule has 0 unspecified atom stereocenters. The van der Waals surface area contributed by atoms with Crippen LogP contribution in [0.25, 0.3) is 0 Å². The van der Waals surface area contributed by atoms with Crippen LogP contribution < -0.4 is 4.74 Å². The second-order valence-corrected chi connectivity index (χ2v) is 7.75. The van der Waals surface area contributed by atoms with Gasteiger partial charge < -0.3 is 4.74 Å². The maximum atomic E-state index is 13.0. The summed E-state index contributed by atoms with van der Waals surface area (Å²) < 4.78 is 83.3. The predicted molar refractivity (Wildman–Crippen MR) is 79.8 cm³/mol. The molecule has 1 saturated carbocycles. The molecule has 1 aliphatic rings. The van der Waals surface area contributed by atoms with E-state index in [1.54, 1.807) is 0 Å². The van der Waals surface area contributed by atoms with Crippen molar-refractivity contribution in [2.75, 3.05) is 0 Å². The molecule has 1 radical (unpaired) electrons. The smallest absolute Gasteiger partial charge is 0.433 e. The molecule has 1 fully saturated rings. The molecule has 1 aliphatic carbocycles. The van der Waals surface area contributed by atoms with Crippen LogP contribution in [0.1, 0.15) is 51.8 Å². The lowest BCUT2D eigenvalue weighted by Gasteiger charge is -2.48. The fraction of sp³-hybridized carbons (Fsp3) is 0.647. The summed E-state index contributed by atoms with van der Waals surface area (Å²) in [6.45, 7) is 7.47. The molecule has 2 rings (SSSR count). The summed E-state index contributed by atoms with van der Waals surface area (Å²) in [6, 6.07) is 0.525. The summed E-state index contributed by atoms with van der Waals surface area (Å²) in [5.74, 6) is -0.657. The quantitative estimate of drug-likeness (QED) is 0.605. The van der Waals surface area contributed by atoms with Crippen molar-refractivity contribution in [1.82, 2.24) is 4.98 Å². The summed E-state index contributed by atoms with van der Waals surface area (Å²) in [7, 11) is 0. The van der Waals surface area contributed by atoms with Crippen molar-refractivity contribution < 1.29 is 31.1 Å². The van der Waals surface area contributed by atoms with Gasteiger partial charge in [0.1, 0.15) is 11.8 Å². The Bertz CT molecular complexity index is 585. The molecular weight excluding hydrogens is 348 g/mol. The Labute approximate surface area is 142 Å². The molecule has 8 heteroatoms. The lowest BCUT2D eigenvalue weighted by molar-refractivity contribution is -0.146. The third-order valence-electron chi connectivity index (χ3n) is 4.42. The zero-order valence-electron chi connectivity index (χ0n) is 14.3. The number of hydrogen-bond acceptors (Lipinski definition) is 2. The maximum Gasteiger partial charge on any atom is 0.433 e. The average Bonchev–Trinajstić information content (AvgIpc) is 2.40. The molecule has 0 aromatic carbocycles. The molecule has 1 aromatic heterocycles. The first-order valence-electron chi connectivity index (χ1n) is 7.78. The normalized spacial score (nSPS) is 21.2. The van der Waals surface area contributed by atoms with E-state index in [1.807, 2.05) is 27.7 Å². The molecule has 0 saturated heterocycles. The van der Waals surface area contributed by atoms with Crippen LogP contribution in [0.3, 0.4) is 0 Å². The molecule has 2 nitrogen and oxygen atoms in total. The molecule has 0 amide bonds. The second kappa shape index (κ2) is 6.06. The molecule has 25 heavy (non-hydrogen) atoms. The highest BCUT2D eigenvalue weighted by Crippen LogP contribution is 2.47. The zero-order chi connectivity index (χ0) is 19.3. The highest BCUT2D eigenvalue weighted by atomic mass is 19.4. The Balaban J connectivity index is 2.47. The van der Waals surface area contributed by atoms with E-state index in [0.29, 0.717) is 18.9 Å². The van der Waals surface area contributed by atoms with Crippen LogP contribution in [-0.2, 0) is 12.4 Å². The molecule has 0 aliphatic heterocycles. The Morgan fingerprint density at radius 3 is 1.88 bits per heavy atom. The van der Waals surface area contributed by atoms with Gasteiger partial charge in [-0.15, -0.1) is 0 Å². The van der Waals surface area contributed by atoms with Gasteiger partial charge in [-0.3, -0.25) is 0 Å². The summed E-state index contributed by atoms with van der Waals surface area (Å²) >= 11 is 0. The highest BCUT2D eigenvalue weighted by Gasteiger charge is 2.46. The van der Waals surface area contributed by atoms with Gasteiger partial charge >= 0.3 is 12.4 Å². The Kier molecular flexibility index (Phi) is 4.81. The fourth-order valence-electron chi connectivity index (χ4n) is 3.40. The van der Waals surface area contributed by atoms with Crippen LogP contribution in [0.2, 0.25) is 0 Å². The molecule has 1 heterocycles. The number of nitrogens with zero attached hydrogens (tertiary/aromatic N) is 1. The first-order valence-corrected chi connectivity index (χ1v) is 7.78. The van der Waals surface area contributed by atoms with E-state index in [1.165, 1.54) is 0 Å². The van der Waals surface area contributed by atoms with E-state index in [2.05, 4.69) is 11.4 Å². The molecule has 1 aromatic rings. The average molecular weight is 368 g/mol. The molecular formula is C17H20F6NO. The Hall–Kier alpha value is -1.47. The van der Waals surface area contributed by atoms with E-state index in [-0.39, 0.29) is 6.07 Å². The van der Waals surface area contributed by atoms with Gasteiger partial charge in [0, 0.05) is 16.9 Å². The number of rotatable bonds is 2. The van der Waals surface area contributed by atoms with Gasteiger partial charge in [0.15, 0.2) is 0 Å². The van der Waals surface area contributed by atoms with Crippen molar-refractivity contribution in [2.45, 2.75) is 59.0 Å². The van der Waals surface area contributed by atoms with Gasteiger partial charge in [-0.25, -0.2) is 4.98 Å². The number of pyridine rings is 1. The van der Waals surface area contributed by atoms with E-state index in [9.17, 15) is 26.3 Å². The van der Waals surface area contributed by atoms with Gasteiger partial charge in [-0.1, -0.05) is 27.7 Å². The minimum Gasteiger partial charge on any atom is -0.473 e. The third kappa shape index (κ3) is 4.39. The standard InChI is InChI=1S/C17H20F6NO/c1-14(2)6-5-7-15(3,4)13(14)25-12-9-10(16(18,19)20)8-11(24-12)17(21,22)23/h5,8-9,13H,6-7H2,1-4H3. The number of halogens is 6. The molecule has 0 spiro atoms. The number of alkyl halides is 6. The topological polar surface area (TPSA) is 22.1 Å². The monoisotopic (exact) mass is 368 g/mol. The third-order valence-corrected chi connectivity index (χ3v) is 4.42. The van der Waals surface area contributed by atoms with Gasteiger partial charge in [0.05, 0.1) is 5.56 Å². The van der Waals surface area contributed by atoms with Crippen LogP contribution >= 0.6 is 0 Å². The van der Waals surface area contributed by atoms with Crippen LogP contribution in [0, 0.1) is 17.3 Å². The van der Waals surface area contributed by atoms with Crippen LogP contribution in [-0.4, -0.2) is 11.1 Å². The van der Waals surface area contributed by atoms with Crippen molar-refractivity contribution in [3.63, 3.8) is 0 Å². The summed E-state index contributed by atoms with van der Waals surface area (Å²) in [6.07, 6.45) is -7.15. The van der Waals surface area contributed by atoms with Crippen molar-refractivity contribution in [1.29, 1.82) is 0 Å². The van der Waals surface area contributed by atoms with Crippen molar-refractivity contribution >= 4 is 0 Å². The molecule has 141 valence electrons. The van der Waals surface area contributed by atoms with Gasteiger partial charge in [-0.05, 0) is 25.3 Å². The predicted octanol–water partition coefficient (Wildman–Crippen LogP) is 5.92. The Morgan fingerprint density at radius 1 is 0.920 bits per heavy atom. The first-order chi connectivity index (χ1) is 11.1. The van der Waals surface area contributed by atoms with Crippen molar-refractivity contribution in [3.05, 3.63) is 29.8 Å². The number of hydrogen-bond donors (Lipinski definition) is 0. The number of ether oxygens (including phenoxy) is 1. The minimum absolute atomic E-state index is 0.00219. The highest BCUT2D eigenvalue weighted by molar-refractivity contribution is 5.29. The first kappa shape index (κ1) is 19.8. The van der Waals surface area contributed by atoms with Crippen LogP contribution in [0.4, 0.5) is 26.3 Å². The SMILES string of the molecule is CC1(C)C[CH]CC(C)(C)C1Oc1cc(C(F)(F)F)cc(C(F)(F)F)n1. The van der Waals surface area contributed by atoms with Gasteiger partial charge in [0.2, 0.25) is 5.88 Å². The minimum atomic E-state index is -5.00. The molecule has 0 N–H and O–H groups in total. The Morgan fingerprint density at radius 2 is 1.44 bits per heavy atom. The molecule has 0 bridgehead atoms. The lowest BCUT2D eigenvalue weighted by Crippen LogP contribution is -2.49. The van der Waals surface area contributed by atoms with E-state index in [0.717, 1.165) is 0 Å². The fourth-order valence-corrected chi connectivity index (χ4v) is 3.40. The summed E-state index contributed by atoms with van der Waals surface area (Å²) in [4.78, 5) is 3.29. The summed E-state index contributed by atoms with van der Waals surface area (Å²) in [5, 5.41) is 0. The van der Waals surface area contributed by atoms with Crippen LogP contribution in [0.15, 0.2) is 12.1 Å². The van der Waals surface area contributed by atoms with E-state index < -0.39 is 46.4 Å². The van der Waals surface area contributed by atoms with E-state index in [4.69, 9.17) is 4.74 Å². The maximum absolute atomic E-state index is 13.0. The lowest BCUT2D eigenvalue weighted by atomic mass is 9.63. The zero-order valence-corrected chi connectivity index (χ0v) is 14.3.